The topological polar surface area (TPSA) is 62.5 Å². The maximum atomic E-state index is 11.2. The lowest BCUT2D eigenvalue weighted by Gasteiger charge is -2.09. The van der Waals surface area contributed by atoms with Crippen molar-refractivity contribution in [3.63, 3.8) is 0 Å². The van der Waals surface area contributed by atoms with Gasteiger partial charge in [-0.05, 0) is 37.1 Å². The Kier molecular flexibility index (Phi) is 3.40. The molecule has 1 aromatic heterocycles. The molecular weight excluding hydrogens is 285 g/mol. The minimum absolute atomic E-state index is 0.145. The third-order valence-corrected chi connectivity index (χ3v) is 4.58. The van der Waals surface area contributed by atoms with E-state index in [1.807, 2.05) is 18.4 Å². The Labute approximate surface area is 123 Å². The van der Waals surface area contributed by atoms with Gasteiger partial charge in [0, 0.05) is 28.4 Å². The lowest BCUT2D eigenvalue weighted by molar-refractivity contribution is 0.370. The van der Waals surface area contributed by atoms with E-state index < -0.39 is 7.60 Å². The molecule has 0 fully saturated rings. The molecule has 110 valence electrons. The maximum Gasteiger partial charge on any atom is 0.327 e. The molecule has 0 bridgehead atoms. The van der Waals surface area contributed by atoms with Crippen LogP contribution in [-0.4, -0.2) is 20.5 Å². The van der Waals surface area contributed by atoms with Crippen LogP contribution in [0.4, 0.5) is 0 Å². The number of hydrogen-bond acceptors (Lipinski definition) is 1. The van der Waals surface area contributed by atoms with Crippen molar-refractivity contribution in [2.24, 2.45) is 0 Å². The van der Waals surface area contributed by atoms with Crippen LogP contribution in [0.5, 0.6) is 0 Å². The Hall–Kier alpha value is -1.61. The Morgan fingerprint density at radius 2 is 1.43 bits per heavy atom. The van der Waals surface area contributed by atoms with Crippen molar-refractivity contribution < 1.29 is 14.4 Å². The Morgan fingerprint density at radius 1 is 0.952 bits per heavy atom. The normalized spacial score (nSPS) is 12.4. The largest absolute Gasteiger partial charge is 0.340 e. The highest BCUT2D eigenvalue weighted by Crippen LogP contribution is 2.36. The molecule has 0 atom stereocenters. The zero-order chi connectivity index (χ0) is 15.2. The lowest BCUT2D eigenvalue weighted by Crippen LogP contribution is -2.03. The third-order valence-electron chi connectivity index (χ3n) is 3.79. The van der Waals surface area contributed by atoms with E-state index in [1.54, 1.807) is 0 Å². The van der Waals surface area contributed by atoms with Gasteiger partial charge in [-0.3, -0.25) is 4.57 Å². The molecule has 0 radical (unpaired) electrons. The highest BCUT2D eigenvalue weighted by Gasteiger charge is 2.16. The molecule has 0 unspecified atom stereocenters. The summed E-state index contributed by atoms with van der Waals surface area (Å²) in [5, 5.41) is 2.25. The van der Waals surface area contributed by atoms with E-state index in [0.717, 1.165) is 32.9 Å². The smallest absolute Gasteiger partial charge is 0.327 e. The molecule has 2 aromatic carbocycles. The molecule has 0 amide bonds. The molecule has 5 heteroatoms. The molecule has 3 rings (SSSR count). The minimum Gasteiger partial charge on any atom is -0.340 e. The summed E-state index contributed by atoms with van der Waals surface area (Å²) in [6.07, 6.45) is -0.145. The van der Waals surface area contributed by atoms with Gasteiger partial charge in [-0.2, -0.15) is 0 Å². The standard InChI is InChI=1S/C16H18NO3P/c1-11-3-5-13-14-6-4-12(2)10-16(14)17(15(13)9-11)7-8-21(18,19)20/h3-6,9-10H,7-8H2,1-2H3,(H2,18,19,20). The van der Waals surface area contributed by atoms with Crippen LogP contribution in [0, 0.1) is 13.8 Å². The van der Waals surface area contributed by atoms with Gasteiger partial charge >= 0.3 is 7.60 Å². The van der Waals surface area contributed by atoms with Crippen molar-refractivity contribution in [1.29, 1.82) is 0 Å². The van der Waals surface area contributed by atoms with Gasteiger partial charge in [-0.25, -0.2) is 0 Å². The van der Waals surface area contributed by atoms with Crippen LogP contribution in [0.15, 0.2) is 36.4 Å². The number of rotatable bonds is 3. The molecule has 3 aromatic rings. The number of hydrogen-bond donors (Lipinski definition) is 2. The molecule has 0 saturated heterocycles. The molecule has 0 aliphatic carbocycles. The zero-order valence-corrected chi connectivity index (χ0v) is 13.0. The summed E-state index contributed by atoms with van der Waals surface area (Å²) in [7, 11) is -4.01. The van der Waals surface area contributed by atoms with Gasteiger partial charge in [0.05, 0.1) is 6.16 Å². The molecule has 1 heterocycles. The Balaban J connectivity index is 2.28. The second-order valence-electron chi connectivity index (χ2n) is 5.58. The van der Waals surface area contributed by atoms with E-state index in [1.165, 1.54) is 0 Å². The van der Waals surface area contributed by atoms with Crippen LogP contribution in [0.1, 0.15) is 11.1 Å². The number of aryl methyl sites for hydroxylation is 3. The van der Waals surface area contributed by atoms with Crippen LogP contribution in [0.2, 0.25) is 0 Å². The van der Waals surface area contributed by atoms with E-state index in [9.17, 15) is 4.57 Å². The predicted molar refractivity (Wildman–Crippen MR) is 85.8 cm³/mol. The molecular formula is C16H18NO3P. The van der Waals surface area contributed by atoms with E-state index in [2.05, 4.69) is 36.4 Å². The first-order chi connectivity index (χ1) is 9.85. The van der Waals surface area contributed by atoms with Crippen LogP contribution >= 0.6 is 7.60 Å². The van der Waals surface area contributed by atoms with E-state index >= 15 is 0 Å². The fourth-order valence-electron chi connectivity index (χ4n) is 2.79. The van der Waals surface area contributed by atoms with Gasteiger partial charge < -0.3 is 14.4 Å². The van der Waals surface area contributed by atoms with Crippen molar-refractivity contribution in [3.8, 4) is 0 Å². The van der Waals surface area contributed by atoms with Crippen molar-refractivity contribution in [2.75, 3.05) is 6.16 Å². The quantitative estimate of drug-likeness (QED) is 0.727. The van der Waals surface area contributed by atoms with Gasteiger partial charge in [0.2, 0.25) is 0 Å². The van der Waals surface area contributed by atoms with E-state index in [-0.39, 0.29) is 6.16 Å². The number of fused-ring (bicyclic) bond motifs is 3. The number of benzene rings is 2. The summed E-state index contributed by atoms with van der Waals surface area (Å²) in [4.78, 5) is 18.3. The lowest BCUT2D eigenvalue weighted by atomic mass is 10.1. The number of aromatic nitrogens is 1. The monoisotopic (exact) mass is 303 g/mol. The van der Waals surface area contributed by atoms with Gasteiger partial charge in [-0.15, -0.1) is 0 Å². The molecule has 0 saturated carbocycles. The minimum atomic E-state index is -4.01. The summed E-state index contributed by atoms with van der Waals surface area (Å²) in [6.45, 7) is 4.36. The van der Waals surface area contributed by atoms with Crippen LogP contribution in [0.3, 0.4) is 0 Å². The van der Waals surface area contributed by atoms with Crippen LogP contribution in [-0.2, 0) is 11.1 Å². The van der Waals surface area contributed by atoms with Gasteiger partial charge in [-0.1, -0.05) is 24.3 Å². The van der Waals surface area contributed by atoms with Crippen molar-refractivity contribution in [1.82, 2.24) is 4.57 Å². The van der Waals surface area contributed by atoms with Crippen molar-refractivity contribution >= 4 is 29.4 Å². The summed E-state index contributed by atoms with van der Waals surface area (Å²) in [5.74, 6) is 0. The average molecular weight is 303 g/mol. The van der Waals surface area contributed by atoms with Crippen LogP contribution < -0.4 is 0 Å². The molecule has 0 spiro atoms. The average Bonchev–Trinajstić information content (AvgIpc) is 2.67. The van der Waals surface area contributed by atoms with Crippen LogP contribution in [0.25, 0.3) is 21.8 Å². The van der Waals surface area contributed by atoms with Crippen molar-refractivity contribution in [2.45, 2.75) is 20.4 Å². The zero-order valence-electron chi connectivity index (χ0n) is 12.1. The molecule has 0 aliphatic heterocycles. The Bertz CT molecular complexity index is 817. The first kappa shape index (κ1) is 14.3. The fraction of sp³-hybridized carbons (Fsp3) is 0.250. The molecule has 4 nitrogen and oxygen atoms in total. The second-order valence-corrected chi connectivity index (χ2v) is 7.36. The van der Waals surface area contributed by atoms with Crippen molar-refractivity contribution in [3.05, 3.63) is 47.5 Å². The summed E-state index contributed by atoms with van der Waals surface area (Å²) >= 11 is 0. The van der Waals surface area contributed by atoms with E-state index in [0.29, 0.717) is 6.54 Å². The first-order valence-electron chi connectivity index (χ1n) is 6.89. The van der Waals surface area contributed by atoms with E-state index in [4.69, 9.17) is 9.79 Å². The predicted octanol–water partition coefficient (Wildman–Crippen LogP) is 3.59. The molecule has 0 aliphatic rings. The van der Waals surface area contributed by atoms with Gasteiger partial charge in [0.25, 0.3) is 0 Å². The Morgan fingerprint density at radius 3 is 1.86 bits per heavy atom. The summed E-state index contributed by atoms with van der Waals surface area (Å²) in [5.41, 5.74) is 4.34. The second kappa shape index (κ2) is 4.99. The molecule has 2 N–H and O–H groups in total. The van der Waals surface area contributed by atoms with Gasteiger partial charge in [0.1, 0.15) is 0 Å². The summed E-state index contributed by atoms with van der Waals surface area (Å²) < 4.78 is 13.2. The SMILES string of the molecule is Cc1ccc2c3ccc(C)cc3n(CCP(=O)(O)O)c2c1. The third kappa shape index (κ3) is 2.75. The maximum absolute atomic E-state index is 11.2. The van der Waals surface area contributed by atoms with Gasteiger partial charge in [0.15, 0.2) is 0 Å². The highest BCUT2D eigenvalue weighted by molar-refractivity contribution is 7.51. The first-order valence-corrected chi connectivity index (χ1v) is 8.69. The fourth-order valence-corrected chi connectivity index (χ4v) is 3.25. The summed E-state index contributed by atoms with van der Waals surface area (Å²) in [6, 6.07) is 12.4. The highest BCUT2D eigenvalue weighted by atomic mass is 31.2. The molecule has 21 heavy (non-hydrogen) atoms. The number of nitrogens with zero attached hydrogens (tertiary/aromatic N) is 1.